The number of nitrogens with two attached hydrogens (primary N) is 1. The van der Waals surface area contributed by atoms with Crippen LogP contribution in [0.5, 0.6) is 34.5 Å². The Labute approximate surface area is 565 Å². The number of carbonyl (C=O) groups is 4. The maximum atomic E-state index is 12.6. The second-order valence-electron chi connectivity index (χ2n) is 21.5. The van der Waals surface area contributed by atoms with Crippen molar-refractivity contribution >= 4 is 56.1 Å². The SMILES string of the molecule is COc1cc(-c2cnc3cc(-c4cnccc4C#N)ccn23)cc(OC)c1C(=O)CCC(F)(F)F.COc1cc(-c2cnc3cc(-c4cnccc4C(N)=O)ccn23)cc(OC)c1C(=O)CCC(F)(F)F.COc1cc(-c2cnc3cc(Br)ccn23)cc(OC)c1C(=O)CCC(F)(F)F. The van der Waals surface area contributed by atoms with E-state index in [0.29, 0.717) is 78.5 Å². The topological polar surface area (TPSA) is 251 Å². The molecule has 99 heavy (non-hydrogen) atoms. The smallest absolute Gasteiger partial charge is 0.389 e. The molecular formula is C69H56BrF9N10O10. The number of alkyl halides is 9. The molecule has 0 saturated heterocycles. The van der Waals surface area contributed by atoms with Crippen LogP contribution in [-0.2, 0) is 0 Å². The van der Waals surface area contributed by atoms with Crippen molar-refractivity contribution in [3.63, 3.8) is 0 Å². The predicted molar refractivity (Wildman–Crippen MR) is 347 cm³/mol. The number of hydrogen-bond donors (Lipinski definition) is 1. The van der Waals surface area contributed by atoms with Gasteiger partial charge in [0, 0.05) is 100 Å². The molecule has 11 rings (SSSR count). The Bertz CT molecular complexity index is 4830. The average molecular weight is 1440 g/mol. The van der Waals surface area contributed by atoms with E-state index in [4.69, 9.17) is 34.2 Å². The number of ketones is 3. The van der Waals surface area contributed by atoms with Gasteiger partial charge < -0.3 is 34.2 Å². The molecule has 3 aromatic carbocycles. The van der Waals surface area contributed by atoms with E-state index in [9.17, 15) is 64.0 Å². The number of nitrogens with zero attached hydrogens (tertiary/aromatic N) is 9. The minimum Gasteiger partial charge on any atom is -0.496 e. The van der Waals surface area contributed by atoms with Crippen LogP contribution in [0.25, 0.3) is 73.0 Å². The molecule has 0 spiro atoms. The van der Waals surface area contributed by atoms with Crippen molar-refractivity contribution in [1.82, 2.24) is 38.1 Å². The van der Waals surface area contributed by atoms with Crippen LogP contribution in [0.4, 0.5) is 39.5 Å². The lowest BCUT2D eigenvalue weighted by Crippen LogP contribution is -2.12. The fourth-order valence-corrected chi connectivity index (χ4v) is 10.9. The Morgan fingerprint density at radius 3 is 1.11 bits per heavy atom. The summed E-state index contributed by atoms with van der Waals surface area (Å²) >= 11 is 3.39. The van der Waals surface area contributed by atoms with Gasteiger partial charge in [-0.25, -0.2) is 15.0 Å². The number of Topliss-reactive ketones (excluding diaryl/α,β-unsaturated/α-hetero) is 3. The zero-order valence-corrected chi connectivity index (χ0v) is 54.6. The van der Waals surface area contributed by atoms with Crippen molar-refractivity contribution in [3.8, 4) is 96.6 Å². The summed E-state index contributed by atoms with van der Waals surface area (Å²) in [5.41, 5.74) is 14.5. The van der Waals surface area contributed by atoms with Crippen molar-refractivity contribution in [3.05, 3.63) is 179 Å². The molecule has 0 unspecified atom stereocenters. The van der Waals surface area contributed by atoms with Crippen molar-refractivity contribution in [2.45, 2.75) is 57.1 Å². The molecule has 0 aliphatic heterocycles. The van der Waals surface area contributed by atoms with Crippen molar-refractivity contribution < 1.29 is 87.1 Å². The summed E-state index contributed by atoms with van der Waals surface area (Å²) in [4.78, 5) is 70.8. The van der Waals surface area contributed by atoms with E-state index < -0.39 is 80.3 Å². The Morgan fingerprint density at radius 1 is 0.455 bits per heavy atom. The minimum atomic E-state index is -4.46. The van der Waals surface area contributed by atoms with Crippen molar-refractivity contribution in [2.75, 3.05) is 42.7 Å². The first-order chi connectivity index (χ1) is 47.1. The van der Waals surface area contributed by atoms with Crippen LogP contribution in [-0.4, -0.2) is 123 Å². The number of methoxy groups -OCH3 is 6. The van der Waals surface area contributed by atoms with Gasteiger partial charge in [-0.2, -0.15) is 44.8 Å². The summed E-state index contributed by atoms with van der Waals surface area (Å²) in [5.74, 6) is -2.07. The van der Waals surface area contributed by atoms with E-state index in [-0.39, 0.29) is 51.2 Å². The molecule has 30 heteroatoms. The van der Waals surface area contributed by atoms with Crippen LogP contribution in [0.3, 0.4) is 0 Å². The zero-order chi connectivity index (χ0) is 71.7. The Morgan fingerprint density at radius 2 is 0.778 bits per heavy atom. The highest BCUT2D eigenvalue weighted by atomic mass is 79.9. The first-order valence-corrected chi connectivity index (χ1v) is 30.2. The van der Waals surface area contributed by atoms with E-state index >= 15 is 0 Å². The van der Waals surface area contributed by atoms with Gasteiger partial charge in [0.15, 0.2) is 17.3 Å². The molecule has 0 atom stereocenters. The van der Waals surface area contributed by atoms with Gasteiger partial charge in [-0.05, 0) is 96.1 Å². The number of primary amides is 1. The van der Waals surface area contributed by atoms with Crippen LogP contribution in [0, 0.1) is 11.3 Å². The highest BCUT2D eigenvalue weighted by Crippen LogP contribution is 2.42. The van der Waals surface area contributed by atoms with Gasteiger partial charge in [0.2, 0.25) is 5.91 Å². The quantitative estimate of drug-likeness (QED) is 0.0518. The third kappa shape index (κ3) is 16.7. The maximum absolute atomic E-state index is 12.6. The van der Waals surface area contributed by atoms with Crippen LogP contribution in [0.2, 0.25) is 0 Å². The van der Waals surface area contributed by atoms with Crippen LogP contribution >= 0.6 is 15.9 Å². The lowest BCUT2D eigenvalue weighted by molar-refractivity contribution is -0.134. The number of halogens is 10. The van der Waals surface area contributed by atoms with Gasteiger partial charge in [0.25, 0.3) is 0 Å². The average Bonchev–Trinajstić information content (AvgIpc) is 1.70. The van der Waals surface area contributed by atoms with E-state index in [2.05, 4.69) is 46.9 Å². The first-order valence-electron chi connectivity index (χ1n) is 29.4. The van der Waals surface area contributed by atoms with Crippen LogP contribution < -0.4 is 34.2 Å². The van der Waals surface area contributed by atoms with Crippen molar-refractivity contribution in [1.29, 1.82) is 5.26 Å². The Balaban J connectivity index is 0.000000175. The van der Waals surface area contributed by atoms with Crippen molar-refractivity contribution in [2.24, 2.45) is 5.73 Å². The number of rotatable bonds is 21. The number of carbonyl (C=O) groups excluding carboxylic acids is 4. The number of aromatic nitrogens is 8. The molecule has 20 nitrogen and oxygen atoms in total. The molecule has 512 valence electrons. The number of pyridine rings is 5. The van der Waals surface area contributed by atoms with Gasteiger partial charge in [-0.3, -0.25) is 42.3 Å². The fraction of sp³-hybridized carbons (Fsp3) is 0.217. The molecule has 0 aliphatic rings. The van der Waals surface area contributed by atoms with Gasteiger partial charge in [0.1, 0.15) is 68.1 Å². The van der Waals surface area contributed by atoms with Crippen LogP contribution in [0.1, 0.15) is 85.5 Å². The lowest BCUT2D eigenvalue weighted by Gasteiger charge is -2.15. The highest BCUT2D eigenvalue weighted by molar-refractivity contribution is 9.10. The Hall–Kier alpha value is -11.4. The molecule has 0 radical (unpaired) electrons. The third-order valence-corrected chi connectivity index (χ3v) is 15.8. The van der Waals surface area contributed by atoms with Gasteiger partial charge in [-0.1, -0.05) is 15.9 Å². The van der Waals surface area contributed by atoms with E-state index in [1.807, 2.05) is 34.9 Å². The minimum absolute atomic E-state index is 0.00503. The third-order valence-electron chi connectivity index (χ3n) is 15.3. The van der Waals surface area contributed by atoms with E-state index in [0.717, 1.165) is 10.0 Å². The molecule has 8 aromatic heterocycles. The second-order valence-corrected chi connectivity index (χ2v) is 22.4. The summed E-state index contributed by atoms with van der Waals surface area (Å²) in [6, 6.07) is 25.6. The second kappa shape index (κ2) is 30.4. The monoisotopic (exact) mass is 1430 g/mol. The number of imidazole rings is 3. The molecule has 1 amide bonds. The normalized spacial score (nSPS) is 11.5. The number of amides is 1. The summed E-state index contributed by atoms with van der Waals surface area (Å²) in [5, 5.41) is 9.38. The molecule has 8 heterocycles. The number of nitriles is 1. The molecule has 0 bridgehead atoms. The summed E-state index contributed by atoms with van der Waals surface area (Å²) in [7, 11) is 8.02. The lowest BCUT2D eigenvalue weighted by atomic mass is 10.0. The molecule has 0 aliphatic carbocycles. The summed E-state index contributed by atoms with van der Waals surface area (Å²) in [6.07, 6.45) is -2.75. The predicted octanol–water partition coefficient (Wildman–Crippen LogP) is 15.5. The van der Waals surface area contributed by atoms with Gasteiger partial charge in [0.05, 0.1) is 109 Å². The number of benzene rings is 3. The molecule has 0 fully saturated rings. The zero-order valence-electron chi connectivity index (χ0n) is 53.1. The van der Waals surface area contributed by atoms with Gasteiger partial charge in [-0.15, -0.1) is 0 Å². The first kappa shape index (κ1) is 71.9. The number of fused-ring (bicyclic) bond motifs is 3. The summed E-state index contributed by atoms with van der Waals surface area (Å²) in [6.45, 7) is 0. The summed E-state index contributed by atoms with van der Waals surface area (Å²) < 4.78 is 152. The molecule has 11 aromatic rings. The molecule has 0 saturated carbocycles. The largest absolute Gasteiger partial charge is 0.496 e. The maximum Gasteiger partial charge on any atom is 0.389 e. The number of hydrogen-bond acceptors (Lipinski definition) is 16. The fourth-order valence-electron chi connectivity index (χ4n) is 10.6. The standard InChI is InChI=1S/C25H21F3N4O4.C25H19F3N4O3.C19H16BrF3N2O3/c1-35-20-9-15(10-21(36-2)23(20)19(33)3-6-25(26,27)28)18-13-31-22-11-14(5-8-32(18)22)17-12-30-7-4-16(17)24(29)34;1-34-21-9-17(10-22(35-2)24(21)20(33)3-6-25(26,27)28)19-14-31-23-11-15(5-8-32(19)23)18-13-30-7-4-16(18)12-29;1-27-15-7-11(13-10-24-17-9-12(20)4-6-25(13)17)8-16(28-2)18(15)14(26)3-5-19(21,22)23/h4-5,7-13H,3,6H2,1-2H3,(H2,29,34);4-5,7-11,13-14H,3,6H2,1-2H3;4,6-10H,3,5H2,1-2H3. The number of ether oxygens (including phenoxy) is 6. The Kier molecular flexibility index (Phi) is 22.1. The van der Waals surface area contributed by atoms with E-state index in [1.54, 1.807) is 113 Å². The molecular weight excluding hydrogens is 1380 g/mol. The van der Waals surface area contributed by atoms with E-state index in [1.165, 1.54) is 54.9 Å². The van der Waals surface area contributed by atoms with Crippen LogP contribution in [0.15, 0.2) is 151 Å². The van der Waals surface area contributed by atoms with Gasteiger partial charge >= 0.3 is 18.5 Å². The molecule has 2 N–H and O–H groups in total. The highest BCUT2D eigenvalue weighted by Gasteiger charge is 2.33.